The smallest absolute Gasteiger partial charge is 0.407 e. The molecule has 2 fully saturated rings. The quantitative estimate of drug-likeness (QED) is 0.656. The van der Waals surface area contributed by atoms with Crippen molar-refractivity contribution in [1.29, 1.82) is 0 Å². The van der Waals surface area contributed by atoms with E-state index in [2.05, 4.69) is 16.5 Å². The highest BCUT2D eigenvalue weighted by molar-refractivity contribution is 6.03. The Hall–Kier alpha value is -2.37. The highest BCUT2D eigenvalue weighted by Crippen LogP contribution is 2.41. The first kappa shape index (κ1) is 18.4. The summed E-state index contributed by atoms with van der Waals surface area (Å²) in [5.74, 6) is 0.738. The zero-order valence-corrected chi connectivity index (χ0v) is 15.7. The van der Waals surface area contributed by atoms with E-state index in [9.17, 15) is 14.7 Å². The van der Waals surface area contributed by atoms with Crippen LogP contribution in [0.3, 0.4) is 0 Å². The van der Waals surface area contributed by atoms with E-state index in [0.717, 1.165) is 31.5 Å². The molecule has 0 aromatic carbocycles. The fourth-order valence-corrected chi connectivity index (χ4v) is 4.53. The lowest BCUT2D eigenvalue weighted by molar-refractivity contribution is 0.0558. The van der Waals surface area contributed by atoms with E-state index in [1.54, 1.807) is 17.2 Å². The lowest BCUT2D eigenvalue weighted by Gasteiger charge is -2.47. The number of nitrogens with zero attached hydrogens (tertiary/aromatic N) is 3. The van der Waals surface area contributed by atoms with Crippen LogP contribution in [0, 0.1) is 0 Å². The van der Waals surface area contributed by atoms with Gasteiger partial charge < -0.3 is 14.9 Å². The van der Waals surface area contributed by atoms with Gasteiger partial charge in [-0.05, 0) is 64.7 Å². The number of amides is 1. The molecule has 1 N–H and O–H groups in total. The number of fused-ring (bicyclic) bond motifs is 2. The van der Waals surface area contributed by atoms with Crippen molar-refractivity contribution in [2.75, 3.05) is 4.90 Å². The minimum Gasteiger partial charge on any atom is -0.465 e. The van der Waals surface area contributed by atoms with Gasteiger partial charge in [0.25, 0.3) is 0 Å². The van der Waals surface area contributed by atoms with Gasteiger partial charge in [0.1, 0.15) is 5.82 Å². The lowest BCUT2D eigenvalue weighted by Crippen LogP contribution is -2.57. The van der Waals surface area contributed by atoms with Crippen molar-refractivity contribution in [3.8, 4) is 0 Å². The Morgan fingerprint density at radius 1 is 1.27 bits per heavy atom. The number of aromatic nitrogens is 1. The Kier molecular flexibility index (Phi) is 4.78. The number of allylic oxidation sites excluding steroid dienone is 1. The fraction of sp³-hybridized carbons (Fsp3) is 0.550. The molecule has 6 heteroatoms. The van der Waals surface area contributed by atoms with Gasteiger partial charge in [-0.3, -0.25) is 4.79 Å². The summed E-state index contributed by atoms with van der Waals surface area (Å²) in [4.78, 5) is 31.9. The Morgan fingerprint density at radius 2 is 1.88 bits per heavy atom. The molecule has 3 rings (SSSR count). The number of carboxylic acid groups (broad SMARTS) is 1. The number of anilines is 1. The highest BCUT2D eigenvalue weighted by Gasteiger charge is 2.46. The molecule has 1 aromatic heterocycles. The maximum Gasteiger partial charge on any atom is 0.407 e. The molecule has 1 aromatic rings. The van der Waals surface area contributed by atoms with Crippen molar-refractivity contribution in [3.63, 3.8) is 0 Å². The van der Waals surface area contributed by atoms with Crippen LogP contribution in [-0.4, -0.2) is 50.5 Å². The topological polar surface area (TPSA) is 73.7 Å². The first-order valence-corrected chi connectivity index (χ1v) is 9.15. The predicted molar refractivity (Wildman–Crippen MR) is 101 cm³/mol. The summed E-state index contributed by atoms with van der Waals surface area (Å²) >= 11 is 0. The van der Waals surface area contributed by atoms with Crippen LogP contribution in [0.15, 0.2) is 31.0 Å². The third kappa shape index (κ3) is 3.32. The SMILES string of the molecule is C=CC(=O)c1ccc(N2[C@@H]3CC[C@H]2C[C@@H](N(C(=O)O)C(C)(C)C)C3)nc1. The third-order valence-electron chi connectivity index (χ3n) is 5.48. The monoisotopic (exact) mass is 357 g/mol. The van der Waals surface area contributed by atoms with E-state index in [4.69, 9.17) is 0 Å². The maximum atomic E-state index is 11.8. The van der Waals surface area contributed by atoms with Crippen molar-refractivity contribution in [1.82, 2.24) is 9.88 Å². The molecular weight excluding hydrogens is 330 g/mol. The van der Waals surface area contributed by atoms with E-state index >= 15 is 0 Å². The Morgan fingerprint density at radius 3 is 2.31 bits per heavy atom. The summed E-state index contributed by atoms with van der Waals surface area (Å²) in [7, 11) is 0. The van der Waals surface area contributed by atoms with Gasteiger partial charge >= 0.3 is 6.09 Å². The van der Waals surface area contributed by atoms with Crippen LogP contribution in [0.2, 0.25) is 0 Å². The van der Waals surface area contributed by atoms with E-state index < -0.39 is 11.6 Å². The average molecular weight is 357 g/mol. The van der Waals surface area contributed by atoms with Gasteiger partial charge in [0.05, 0.1) is 0 Å². The van der Waals surface area contributed by atoms with Crippen LogP contribution in [0.1, 0.15) is 56.8 Å². The second kappa shape index (κ2) is 6.74. The van der Waals surface area contributed by atoms with Crippen LogP contribution in [0.5, 0.6) is 0 Å². The zero-order valence-electron chi connectivity index (χ0n) is 15.7. The van der Waals surface area contributed by atoms with Crippen LogP contribution >= 0.6 is 0 Å². The standard InChI is InChI=1S/C20H27N3O3/c1-5-17(24)13-6-9-18(21-12-13)22-14-7-8-15(22)11-16(10-14)23(19(25)26)20(2,3)4/h5-6,9,12,14-16H,1,7-8,10-11H2,2-4H3,(H,25,26)/t14-,15+,16+. The van der Waals surface area contributed by atoms with Crippen LogP contribution in [0.4, 0.5) is 10.6 Å². The van der Waals surface area contributed by atoms with E-state index in [-0.39, 0.29) is 23.9 Å². The van der Waals surface area contributed by atoms with Crippen LogP contribution in [-0.2, 0) is 0 Å². The summed E-state index contributed by atoms with van der Waals surface area (Å²) in [5.41, 5.74) is 0.124. The predicted octanol–water partition coefficient (Wildman–Crippen LogP) is 3.73. The number of pyridine rings is 1. The van der Waals surface area contributed by atoms with Crippen molar-refractivity contribution in [2.24, 2.45) is 0 Å². The van der Waals surface area contributed by atoms with Crippen LogP contribution < -0.4 is 4.90 Å². The third-order valence-corrected chi connectivity index (χ3v) is 5.48. The molecule has 0 unspecified atom stereocenters. The van der Waals surface area contributed by atoms with Gasteiger partial charge in [0.2, 0.25) is 0 Å². The Labute approximate surface area is 154 Å². The highest BCUT2D eigenvalue weighted by atomic mass is 16.4. The molecule has 1 amide bonds. The van der Waals surface area contributed by atoms with Crippen molar-refractivity contribution < 1.29 is 14.7 Å². The van der Waals surface area contributed by atoms with Gasteiger partial charge in [-0.15, -0.1) is 0 Å². The number of piperidine rings is 1. The number of hydrogen-bond acceptors (Lipinski definition) is 4. The fourth-order valence-electron chi connectivity index (χ4n) is 4.53. The average Bonchev–Trinajstić information content (AvgIpc) is 2.83. The van der Waals surface area contributed by atoms with Crippen LogP contribution in [0.25, 0.3) is 0 Å². The molecule has 2 aliphatic heterocycles. The van der Waals surface area contributed by atoms with Crippen molar-refractivity contribution in [3.05, 3.63) is 36.5 Å². The number of carbonyl (C=O) groups excluding carboxylic acids is 1. The van der Waals surface area contributed by atoms with Crippen molar-refractivity contribution >= 4 is 17.7 Å². The molecule has 2 bridgehead atoms. The number of carbonyl (C=O) groups is 2. The molecule has 3 heterocycles. The summed E-state index contributed by atoms with van der Waals surface area (Å²) in [6, 6.07) is 4.29. The molecule has 6 nitrogen and oxygen atoms in total. The minimum atomic E-state index is -0.847. The molecule has 26 heavy (non-hydrogen) atoms. The van der Waals surface area contributed by atoms with E-state index in [1.165, 1.54) is 6.08 Å². The molecule has 140 valence electrons. The molecule has 2 saturated heterocycles. The molecule has 0 radical (unpaired) electrons. The van der Waals surface area contributed by atoms with E-state index in [1.807, 2.05) is 26.8 Å². The molecule has 0 aliphatic carbocycles. The lowest BCUT2D eigenvalue weighted by atomic mass is 9.92. The first-order chi connectivity index (χ1) is 12.2. The van der Waals surface area contributed by atoms with E-state index in [0.29, 0.717) is 5.56 Å². The molecular formula is C20H27N3O3. The van der Waals surface area contributed by atoms with Crippen molar-refractivity contribution in [2.45, 2.75) is 70.1 Å². The molecule has 0 spiro atoms. The van der Waals surface area contributed by atoms with Gasteiger partial charge in [0.15, 0.2) is 5.78 Å². The Bertz CT molecular complexity index is 694. The summed E-state index contributed by atoms with van der Waals surface area (Å²) in [6.45, 7) is 9.35. The second-order valence-corrected chi connectivity index (χ2v) is 8.21. The zero-order chi connectivity index (χ0) is 19.1. The van der Waals surface area contributed by atoms with Gasteiger partial charge in [0, 0.05) is 35.4 Å². The summed E-state index contributed by atoms with van der Waals surface area (Å²) < 4.78 is 0. The normalized spacial score (nSPS) is 25.0. The van der Waals surface area contributed by atoms with Gasteiger partial charge in [-0.2, -0.15) is 0 Å². The minimum absolute atomic E-state index is 0.0304. The molecule has 2 aliphatic rings. The van der Waals surface area contributed by atoms with Gasteiger partial charge in [-0.25, -0.2) is 9.78 Å². The first-order valence-electron chi connectivity index (χ1n) is 9.15. The van der Waals surface area contributed by atoms with Gasteiger partial charge in [-0.1, -0.05) is 6.58 Å². The number of hydrogen-bond donors (Lipinski definition) is 1. The summed E-state index contributed by atoms with van der Waals surface area (Å²) in [6.07, 6.45) is 5.77. The summed E-state index contributed by atoms with van der Waals surface area (Å²) in [5, 5.41) is 9.70. The Balaban J connectivity index is 1.80. The maximum absolute atomic E-state index is 11.8. The molecule has 0 saturated carbocycles. The number of rotatable bonds is 4. The number of ketones is 1. The second-order valence-electron chi connectivity index (χ2n) is 8.21. The largest absolute Gasteiger partial charge is 0.465 e. The molecule has 3 atom stereocenters.